The Labute approximate surface area is 124 Å². The van der Waals surface area contributed by atoms with Crippen LogP contribution in [0.5, 0.6) is 0 Å². The van der Waals surface area contributed by atoms with Crippen LogP contribution in [0.15, 0.2) is 30.3 Å². The maximum atomic E-state index is 5.80. The van der Waals surface area contributed by atoms with Gasteiger partial charge in [0.15, 0.2) is 0 Å². The molecule has 5 heteroatoms. The van der Waals surface area contributed by atoms with E-state index in [1.807, 2.05) is 44.2 Å². The summed E-state index contributed by atoms with van der Waals surface area (Å²) in [6.45, 7) is 5.32. The maximum Gasteiger partial charge on any atom is 0.137 e. The minimum absolute atomic E-state index is 0.136. The zero-order valence-corrected chi connectivity index (χ0v) is 12.5. The van der Waals surface area contributed by atoms with Gasteiger partial charge in [0.1, 0.15) is 10.8 Å². The van der Waals surface area contributed by atoms with Crippen molar-refractivity contribution in [3.8, 4) is 0 Å². The summed E-state index contributed by atoms with van der Waals surface area (Å²) in [5.41, 5.74) is 7.48. The maximum absolute atomic E-state index is 5.80. The second-order valence-corrected chi connectivity index (χ2v) is 5.09. The molecule has 1 aromatic carbocycles. The summed E-state index contributed by atoms with van der Waals surface area (Å²) in [6, 6.07) is 10.0. The largest absolute Gasteiger partial charge is 0.389 e. The Balaban J connectivity index is 2.34. The van der Waals surface area contributed by atoms with Crippen molar-refractivity contribution in [1.29, 1.82) is 0 Å². The van der Waals surface area contributed by atoms with Gasteiger partial charge in [-0.1, -0.05) is 30.4 Å². The van der Waals surface area contributed by atoms with Crippen molar-refractivity contribution >= 4 is 33.9 Å². The number of thiocarbonyl (C=S) groups is 1. The highest BCUT2D eigenvalue weighted by Gasteiger charge is 2.11. The molecule has 1 heterocycles. The van der Waals surface area contributed by atoms with E-state index in [0.29, 0.717) is 24.0 Å². The molecular weight excluding hydrogens is 270 g/mol. The molecule has 0 aliphatic carbocycles. The number of pyridine rings is 1. The number of anilines is 1. The molecule has 20 heavy (non-hydrogen) atoms. The van der Waals surface area contributed by atoms with E-state index in [-0.39, 0.29) is 6.04 Å². The SMILES string of the molecule is CCOCC(C)Nc1nc2ccccc2cc1C(N)=S. The van der Waals surface area contributed by atoms with E-state index < -0.39 is 0 Å². The van der Waals surface area contributed by atoms with Crippen LogP contribution in [0.1, 0.15) is 19.4 Å². The van der Waals surface area contributed by atoms with Crippen LogP contribution in [0.4, 0.5) is 5.82 Å². The average molecular weight is 289 g/mol. The number of hydrogen-bond donors (Lipinski definition) is 2. The normalized spacial score (nSPS) is 12.3. The molecule has 2 rings (SSSR count). The van der Waals surface area contributed by atoms with E-state index in [0.717, 1.165) is 16.5 Å². The Morgan fingerprint density at radius 3 is 2.90 bits per heavy atom. The fourth-order valence-electron chi connectivity index (χ4n) is 1.98. The Hall–Kier alpha value is -1.72. The molecule has 1 aromatic heterocycles. The number of benzene rings is 1. The minimum Gasteiger partial charge on any atom is -0.389 e. The van der Waals surface area contributed by atoms with Gasteiger partial charge in [0.05, 0.1) is 17.7 Å². The fraction of sp³-hybridized carbons (Fsp3) is 0.333. The number of hydrogen-bond acceptors (Lipinski definition) is 4. The molecule has 0 aliphatic rings. The van der Waals surface area contributed by atoms with Gasteiger partial charge in [-0.3, -0.25) is 0 Å². The molecular formula is C15H19N3OS. The molecule has 0 fully saturated rings. The molecule has 1 unspecified atom stereocenters. The van der Waals surface area contributed by atoms with Crippen molar-refractivity contribution in [3.05, 3.63) is 35.9 Å². The van der Waals surface area contributed by atoms with E-state index >= 15 is 0 Å². The Bertz CT molecular complexity index is 615. The Kier molecular flexibility index (Phi) is 4.87. The molecule has 1 atom stereocenters. The van der Waals surface area contributed by atoms with E-state index in [1.165, 1.54) is 0 Å². The molecule has 0 radical (unpaired) electrons. The zero-order chi connectivity index (χ0) is 14.5. The summed E-state index contributed by atoms with van der Waals surface area (Å²) in [6.07, 6.45) is 0. The third-order valence-corrected chi connectivity index (χ3v) is 3.16. The first-order chi connectivity index (χ1) is 9.61. The third kappa shape index (κ3) is 3.43. The van der Waals surface area contributed by atoms with Crippen molar-refractivity contribution in [2.75, 3.05) is 18.5 Å². The lowest BCUT2D eigenvalue weighted by atomic mass is 10.1. The molecule has 0 bridgehead atoms. The first-order valence-corrected chi connectivity index (χ1v) is 7.06. The van der Waals surface area contributed by atoms with Gasteiger partial charge in [0.25, 0.3) is 0 Å². The van der Waals surface area contributed by atoms with Gasteiger partial charge in [-0.15, -0.1) is 0 Å². The summed E-state index contributed by atoms with van der Waals surface area (Å²) in [7, 11) is 0. The minimum atomic E-state index is 0.136. The highest BCUT2D eigenvalue weighted by molar-refractivity contribution is 7.80. The molecule has 0 spiro atoms. The number of aromatic nitrogens is 1. The van der Waals surface area contributed by atoms with Gasteiger partial charge >= 0.3 is 0 Å². The average Bonchev–Trinajstić information content (AvgIpc) is 2.44. The number of para-hydroxylation sites is 1. The lowest BCUT2D eigenvalue weighted by Crippen LogP contribution is -2.24. The van der Waals surface area contributed by atoms with Crippen molar-refractivity contribution < 1.29 is 4.74 Å². The van der Waals surface area contributed by atoms with Crippen LogP contribution in [0.3, 0.4) is 0 Å². The Morgan fingerprint density at radius 1 is 1.45 bits per heavy atom. The van der Waals surface area contributed by atoms with Crippen molar-refractivity contribution in [3.63, 3.8) is 0 Å². The molecule has 3 N–H and O–H groups in total. The zero-order valence-electron chi connectivity index (χ0n) is 11.7. The van der Waals surface area contributed by atoms with Crippen LogP contribution in [-0.2, 0) is 4.74 Å². The van der Waals surface area contributed by atoms with Gasteiger partial charge in [0.2, 0.25) is 0 Å². The lowest BCUT2D eigenvalue weighted by molar-refractivity contribution is 0.141. The summed E-state index contributed by atoms with van der Waals surface area (Å²) < 4.78 is 5.40. The van der Waals surface area contributed by atoms with Crippen molar-refractivity contribution in [1.82, 2.24) is 4.98 Å². The smallest absolute Gasteiger partial charge is 0.137 e. The number of fused-ring (bicyclic) bond motifs is 1. The van der Waals surface area contributed by atoms with Gasteiger partial charge in [-0.2, -0.15) is 0 Å². The number of ether oxygens (including phenoxy) is 1. The summed E-state index contributed by atoms with van der Waals surface area (Å²) in [5, 5.41) is 4.34. The molecule has 0 amide bonds. The van der Waals surface area contributed by atoms with Crippen LogP contribution in [-0.4, -0.2) is 29.2 Å². The predicted octanol–water partition coefficient (Wildman–Crippen LogP) is 2.71. The molecule has 106 valence electrons. The first-order valence-electron chi connectivity index (χ1n) is 6.65. The highest BCUT2D eigenvalue weighted by Crippen LogP contribution is 2.21. The topological polar surface area (TPSA) is 60.2 Å². The van der Waals surface area contributed by atoms with Crippen LogP contribution >= 0.6 is 12.2 Å². The van der Waals surface area contributed by atoms with Crippen LogP contribution < -0.4 is 11.1 Å². The van der Waals surface area contributed by atoms with E-state index in [4.69, 9.17) is 22.7 Å². The van der Waals surface area contributed by atoms with Crippen LogP contribution in [0, 0.1) is 0 Å². The molecule has 2 aromatic rings. The quantitative estimate of drug-likeness (QED) is 0.801. The van der Waals surface area contributed by atoms with Gasteiger partial charge in [-0.25, -0.2) is 4.98 Å². The predicted molar refractivity (Wildman–Crippen MR) is 87.2 cm³/mol. The van der Waals surface area contributed by atoms with E-state index in [2.05, 4.69) is 10.3 Å². The molecule has 0 aliphatic heterocycles. The van der Waals surface area contributed by atoms with E-state index in [9.17, 15) is 0 Å². The summed E-state index contributed by atoms with van der Waals surface area (Å²) in [4.78, 5) is 4.95. The second kappa shape index (κ2) is 6.63. The fourth-order valence-corrected chi connectivity index (χ4v) is 2.14. The summed E-state index contributed by atoms with van der Waals surface area (Å²) >= 11 is 5.12. The number of nitrogens with zero attached hydrogens (tertiary/aromatic N) is 1. The number of nitrogens with two attached hydrogens (primary N) is 1. The lowest BCUT2D eigenvalue weighted by Gasteiger charge is -2.17. The van der Waals surface area contributed by atoms with Gasteiger partial charge in [-0.05, 0) is 26.0 Å². The van der Waals surface area contributed by atoms with Gasteiger partial charge < -0.3 is 15.8 Å². The molecule has 0 saturated heterocycles. The molecule has 4 nitrogen and oxygen atoms in total. The Morgan fingerprint density at radius 2 is 2.20 bits per heavy atom. The van der Waals surface area contributed by atoms with Crippen molar-refractivity contribution in [2.45, 2.75) is 19.9 Å². The second-order valence-electron chi connectivity index (χ2n) is 4.65. The van der Waals surface area contributed by atoms with Gasteiger partial charge in [0, 0.05) is 18.0 Å². The van der Waals surface area contributed by atoms with Crippen LogP contribution in [0.25, 0.3) is 10.9 Å². The summed E-state index contributed by atoms with van der Waals surface area (Å²) in [5.74, 6) is 0.711. The number of nitrogens with one attached hydrogen (secondary N) is 1. The highest BCUT2D eigenvalue weighted by atomic mass is 32.1. The van der Waals surface area contributed by atoms with Crippen LogP contribution in [0.2, 0.25) is 0 Å². The van der Waals surface area contributed by atoms with Crippen molar-refractivity contribution in [2.24, 2.45) is 5.73 Å². The first kappa shape index (κ1) is 14.7. The molecule has 0 saturated carbocycles. The third-order valence-electron chi connectivity index (χ3n) is 2.94. The monoisotopic (exact) mass is 289 g/mol. The number of rotatable bonds is 6. The standard InChI is InChI=1S/C15H19N3OS/c1-3-19-9-10(2)17-15-12(14(16)20)8-11-6-4-5-7-13(11)18-15/h4-8,10H,3,9H2,1-2H3,(H2,16,20)(H,17,18). The van der Waals surface area contributed by atoms with E-state index in [1.54, 1.807) is 0 Å².